The summed E-state index contributed by atoms with van der Waals surface area (Å²) in [7, 11) is 0. The van der Waals surface area contributed by atoms with Crippen LogP contribution >= 0.6 is 11.6 Å². The van der Waals surface area contributed by atoms with Gasteiger partial charge in [-0.05, 0) is 36.8 Å². The van der Waals surface area contributed by atoms with Crippen molar-refractivity contribution in [3.63, 3.8) is 0 Å². The SMILES string of the molecule is Cc1cc(NC(=O)Nc2ccc(Cl)cc2)nn1Cc1ccccc1. The van der Waals surface area contributed by atoms with Gasteiger partial charge in [0.1, 0.15) is 0 Å². The molecule has 0 atom stereocenters. The quantitative estimate of drug-likeness (QED) is 0.732. The van der Waals surface area contributed by atoms with Gasteiger partial charge in [0, 0.05) is 22.5 Å². The van der Waals surface area contributed by atoms with E-state index in [1.807, 2.05) is 48.0 Å². The van der Waals surface area contributed by atoms with Gasteiger partial charge in [-0.3, -0.25) is 10.00 Å². The zero-order chi connectivity index (χ0) is 16.9. The Morgan fingerprint density at radius 2 is 1.79 bits per heavy atom. The van der Waals surface area contributed by atoms with Gasteiger partial charge in [0.15, 0.2) is 5.82 Å². The Morgan fingerprint density at radius 3 is 2.50 bits per heavy atom. The van der Waals surface area contributed by atoms with E-state index in [0.717, 1.165) is 11.3 Å². The van der Waals surface area contributed by atoms with E-state index in [0.29, 0.717) is 23.1 Å². The normalized spacial score (nSPS) is 10.4. The summed E-state index contributed by atoms with van der Waals surface area (Å²) in [6.45, 7) is 2.62. The van der Waals surface area contributed by atoms with Gasteiger partial charge >= 0.3 is 6.03 Å². The molecule has 0 radical (unpaired) electrons. The molecule has 0 saturated carbocycles. The van der Waals surface area contributed by atoms with Crippen molar-refractivity contribution in [3.05, 3.63) is 76.9 Å². The Hall–Kier alpha value is -2.79. The van der Waals surface area contributed by atoms with E-state index in [4.69, 9.17) is 11.6 Å². The molecule has 2 aromatic carbocycles. The fourth-order valence-corrected chi connectivity index (χ4v) is 2.43. The number of urea groups is 1. The van der Waals surface area contributed by atoms with E-state index < -0.39 is 0 Å². The standard InChI is InChI=1S/C18H17ClN4O/c1-13-11-17(22-23(13)12-14-5-3-2-4-6-14)21-18(24)20-16-9-7-15(19)8-10-16/h2-11H,12H2,1H3,(H2,20,21,22,24). The van der Waals surface area contributed by atoms with E-state index in [1.165, 1.54) is 0 Å². The second kappa shape index (κ2) is 7.19. The smallest absolute Gasteiger partial charge is 0.308 e. The van der Waals surface area contributed by atoms with Crippen LogP contribution in [0.25, 0.3) is 0 Å². The molecule has 0 bridgehead atoms. The van der Waals surface area contributed by atoms with E-state index in [9.17, 15) is 4.79 Å². The highest BCUT2D eigenvalue weighted by Gasteiger charge is 2.08. The molecular weight excluding hydrogens is 324 g/mol. The summed E-state index contributed by atoms with van der Waals surface area (Å²) < 4.78 is 1.85. The number of nitrogens with one attached hydrogen (secondary N) is 2. The van der Waals surface area contributed by atoms with E-state index in [2.05, 4.69) is 15.7 Å². The van der Waals surface area contributed by atoms with Gasteiger partial charge in [-0.15, -0.1) is 0 Å². The molecule has 3 rings (SSSR count). The zero-order valence-electron chi connectivity index (χ0n) is 13.2. The molecule has 0 fully saturated rings. The highest BCUT2D eigenvalue weighted by Crippen LogP contribution is 2.15. The average molecular weight is 341 g/mol. The molecule has 2 N–H and O–H groups in total. The third kappa shape index (κ3) is 4.14. The van der Waals surface area contributed by atoms with Gasteiger partial charge in [-0.1, -0.05) is 41.9 Å². The lowest BCUT2D eigenvalue weighted by Gasteiger charge is -2.06. The number of hydrogen-bond donors (Lipinski definition) is 2. The lowest BCUT2D eigenvalue weighted by atomic mass is 10.2. The van der Waals surface area contributed by atoms with Crippen molar-refractivity contribution in [1.29, 1.82) is 0 Å². The highest BCUT2D eigenvalue weighted by atomic mass is 35.5. The van der Waals surface area contributed by atoms with E-state index >= 15 is 0 Å². The number of carbonyl (C=O) groups is 1. The van der Waals surface area contributed by atoms with E-state index in [-0.39, 0.29) is 6.03 Å². The van der Waals surface area contributed by atoms with Crippen molar-refractivity contribution in [2.24, 2.45) is 0 Å². The van der Waals surface area contributed by atoms with Crippen LogP contribution in [0.5, 0.6) is 0 Å². The minimum atomic E-state index is -0.346. The number of aromatic nitrogens is 2. The Kier molecular flexibility index (Phi) is 4.82. The summed E-state index contributed by atoms with van der Waals surface area (Å²) in [5, 5.41) is 10.5. The van der Waals surface area contributed by atoms with Crippen LogP contribution in [-0.4, -0.2) is 15.8 Å². The van der Waals surface area contributed by atoms with Crippen molar-refractivity contribution in [3.8, 4) is 0 Å². The Balaban J connectivity index is 1.64. The summed E-state index contributed by atoms with van der Waals surface area (Å²) in [5.41, 5.74) is 2.79. The van der Waals surface area contributed by atoms with Crippen LogP contribution in [0.2, 0.25) is 5.02 Å². The van der Waals surface area contributed by atoms with Crippen molar-refractivity contribution >= 4 is 29.1 Å². The van der Waals surface area contributed by atoms with E-state index in [1.54, 1.807) is 24.3 Å². The van der Waals surface area contributed by atoms with Crippen LogP contribution < -0.4 is 10.6 Å². The maximum absolute atomic E-state index is 12.0. The monoisotopic (exact) mass is 340 g/mol. The predicted molar refractivity (Wildman–Crippen MR) is 96.6 cm³/mol. The van der Waals surface area contributed by atoms with Crippen LogP contribution in [0, 0.1) is 6.92 Å². The number of carbonyl (C=O) groups excluding carboxylic acids is 1. The summed E-state index contributed by atoms with van der Waals surface area (Å²) >= 11 is 5.82. The molecule has 3 aromatic rings. The Labute approximate surface area is 145 Å². The van der Waals surface area contributed by atoms with Crippen molar-refractivity contribution in [2.45, 2.75) is 13.5 Å². The third-order valence-electron chi connectivity index (χ3n) is 3.50. The molecule has 0 saturated heterocycles. The Bertz CT molecular complexity index is 828. The van der Waals surface area contributed by atoms with Gasteiger partial charge in [0.05, 0.1) is 6.54 Å². The first-order valence-corrected chi connectivity index (χ1v) is 7.90. The topological polar surface area (TPSA) is 59.0 Å². The number of rotatable bonds is 4. The van der Waals surface area contributed by atoms with Gasteiger partial charge in [-0.25, -0.2) is 4.79 Å². The molecule has 5 nitrogen and oxygen atoms in total. The van der Waals surface area contributed by atoms with Crippen molar-refractivity contribution in [2.75, 3.05) is 10.6 Å². The van der Waals surface area contributed by atoms with Crippen LogP contribution in [-0.2, 0) is 6.54 Å². The van der Waals surface area contributed by atoms with Gasteiger partial charge < -0.3 is 5.32 Å². The molecule has 0 unspecified atom stereocenters. The highest BCUT2D eigenvalue weighted by molar-refractivity contribution is 6.30. The zero-order valence-corrected chi connectivity index (χ0v) is 13.9. The Morgan fingerprint density at radius 1 is 1.08 bits per heavy atom. The summed E-state index contributed by atoms with van der Waals surface area (Å²) in [6, 6.07) is 18.5. The summed E-state index contributed by atoms with van der Waals surface area (Å²) in [4.78, 5) is 12.0. The molecule has 2 amide bonds. The minimum absolute atomic E-state index is 0.346. The van der Waals surface area contributed by atoms with Crippen molar-refractivity contribution < 1.29 is 4.79 Å². The van der Waals surface area contributed by atoms with Gasteiger partial charge in [0.25, 0.3) is 0 Å². The molecule has 1 aromatic heterocycles. The molecule has 0 aliphatic carbocycles. The number of benzene rings is 2. The molecule has 0 aliphatic rings. The van der Waals surface area contributed by atoms with Gasteiger partial charge in [0.2, 0.25) is 0 Å². The lowest BCUT2D eigenvalue weighted by Crippen LogP contribution is -2.19. The first-order chi connectivity index (χ1) is 11.6. The van der Waals surface area contributed by atoms with Crippen LogP contribution in [0.4, 0.5) is 16.3 Å². The molecule has 6 heteroatoms. The maximum Gasteiger partial charge on any atom is 0.324 e. The van der Waals surface area contributed by atoms with Crippen LogP contribution in [0.1, 0.15) is 11.3 Å². The number of amides is 2. The molecule has 0 aliphatic heterocycles. The number of hydrogen-bond acceptors (Lipinski definition) is 2. The maximum atomic E-state index is 12.0. The first-order valence-electron chi connectivity index (χ1n) is 7.52. The predicted octanol–water partition coefficient (Wildman–Crippen LogP) is 4.54. The molecule has 122 valence electrons. The fraction of sp³-hybridized carbons (Fsp3) is 0.111. The number of halogens is 1. The van der Waals surface area contributed by atoms with Gasteiger partial charge in [-0.2, -0.15) is 5.10 Å². The second-order valence-corrected chi connectivity index (χ2v) is 5.84. The minimum Gasteiger partial charge on any atom is -0.308 e. The number of anilines is 2. The number of nitrogens with zero attached hydrogens (tertiary/aromatic N) is 2. The molecule has 1 heterocycles. The number of aryl methyl sites for hydroxylation is 1. The fourth-order valence-electron chi connectivity index (χ4n) is 2.30. The molecular formula is C18H17ClN4O. The molecule has 24 heavy (non-hydrogen) atoms. The first kappa shape index (κ1) is 16.1. The lowest BCUT2D eigenvalue weighted by molar-refractivity contribution is 0.262. The van der Waals surface area contributed by atoms with Crippen LogP contribution in [0.3, 0.4) is 0 Å². The third-order valence-corrected chi connectivity index (χ3v) is 3.75. The largest absolute Gasteiger partial charge is 0.324 e. The van der Waals surface area contributed by atoms with Crippen molar-refractivity contribution in [1.82, 2.24) is 9.78 Å². The molecule has 0 spiro atoms. The second-order valence-electron chi connectivity index (χ2n) is 5.40. The average Bonchev–Trinajstić information content (AvgIpc) is 2.90. The summed E-state index contributed by atoms with van der Waals surface area (Å²) in [5.74, 6) is 0.509. The summed E-state index contributed by atoms with van der Waals surface area (Å²) in [6.07, 6.45) is 0. The van der Waals surface area contributed by atoms with Crippen LogP contribution in [0.15, 0.2) is 60.7 Å².